The number of esters is 1. The fraction of sp³-hybridized carbons (Fsp3) is 0.621. The van der Waals surface area contributed by atoms with E-state index in [1.54, 1.807) is 23.7 Å². The van der Waals surface area contributed by atoms with Crippen LogP contribution in [0.2, 0.25) is 0 Å². The Balaban J connectivity index is 1.77. The van der Waals surface area contributed by atoms with Gasteiger partial charge in [-0.1, -0.05) is 20.8 Å². The highest BCUT2D eigenvalue weighted by molar-refractivity contribution is 8.00. The van der Waals surface area contributed by atoms with Crippen molar-refractivity contribution in [2.45, 2.75) is 77.7 Å². The summed E-state index contributed by atoms with van der Waals surface area (Å²) >= 11 is 2.90. The molecule has 0 aromatic carbocycles. The van der Waals surface area contributed by atoms with Gasteiger partial charge in [0.1, 0.15) is 16.5 Å². The lowest BCUT2D eigenvalue weighted by atomic mass is 9.95. The summed E-state index contributed by atoms with van der Waals surface area (Å²) in [4.78, 5) is 63.4. The van der Waals surface area contributed by atoms with Crippen molar-refractivity contribution in [3.63, 3.8) is 0 Å². The van der Waals surface area contributed by atoms with Gasteiger partial charge >= 0.3 is 18.1 Å². The van der Waals surface area contributed by atoms with Gasteiger partial charge in [-0.25, -0.2) is 15.0 Å². The van der Waals surface area contributed by atoms with Crippen molar-refractivity contribution in [1.29, 1.82) is 0 Å². The number of ether oxygens (including phenoxy) is 1. The lowest BCUT2D eigenvalue weighted by Gasteiger charge is -2.35. The van der Waals surface area contributed by atoms with Gasteiger partial charge in [0, 0.05) is 63.1 Å². The molecule has 0 radical (unpaired) electrons. The van der Waals surface area contributed by atoms with Gasteiger partial charge in [0.05, 0.1) is 11.5 Å². The summed E-state index contributed by atoms with van der Waals surface area (Å²) in [6.07, 6.45) is -3.65. The number of carbonyl (C=O) groups is 4. The fourth-order valence-corrected chi connectivity index (χ4v) is 6.47. The Morgan fingerprint density at radius 1 is 1.13 bits per heavy atom. The number of carboxylic acids is 1. The van der Waals surface area contributed by atoms with Crippen LogP contribution >= 0.6 is 23.1 Å². The SMILES string of the molecule is CC(=O)OC(CC(C(C)C)N(C)C(=O)CC1CSC1)c1nc(C(=O)NC(Cc2ncc(C(F)(F)F)cn2)CC(C)C(=O)O)cs1. The molecule has 248 valence electrons. The Morgan fingerprint density at radius 3 is 2.29 bits per heavy atom. The molecule has 45 heavy (non-hydrogen) atoms. The fourth-order valence-electron chi connectivity index (χ4n) is 4.82. The molecule has 0 bridgehead atoms. The average Bonchev–Trinajstić information content (AvgIpc) is 3.42. The number of nitrogens with zero attached hydrogens (tertiary/aromatic N) is 4. The van der Waals surface area contributed by atoms with E-state index < -0.39 is 47.6 Å². The van der Waals surface area contributed by atoms with Crippen molar-refractivity contribution in [3.8, 4) is 0 Å². The number of alkyl halides is 3. The first-order chi connectivity index (χ1) is 21.0. The maximum absolute atomic E-state index is 13.2. The Hall–Kier alpha value is -3.27. The predicted molar refractivity (Wildman–Crippen MR) is 161 cm³/mol. The minimum atomic E-state index is -4.62. The van der Waals surface area contributed by atoms with E-state index in [9.17, 15) is 37.5 Å². The molecule has 1 fully saturated rings. The van der Waals surface area contributed by atoms with E-state index >= 15 is 0 Å². The minimum absolute atomic E-state index is 0.00534. The number of hydrogen-bond donors (Lipinski definition) is 2. The maximum Gasteiger partial charge on any atom is 0.419 e. The van der Waals surface area contributed by atoms with Gasteiger partial charge < -0.3 is 20.1 Å². The zero-order chi connectivity index (χ0) is 33.5. The molecule has 0 spiro atoms. The number of hydrogen-bond acceptors (Lipinski definition) is 10. The molecule has 1 saturated heterocycles. The largest absolute Gasteiger partial charge is 0.481 e. The van der Waals surface area contributed by atoms with Crippen LogP contribution in [-0.2, 0) is 31.7 Å². The van der Waals surface area contributed by atoms with E-state index in [0.717, 1.165) is 22.8 Å². The smallest absolute Gasteiger partial charge is 0.419 e. The Kier molecular flexibility index (Phi) is 12.7. The van der Waals surface area contributed by atoms with E-state index in [-0.39, 0.29) is 48.6 Å². The molecule has 2 N–H and O–H groups in total. The Labute approximate surface area is 267 Å². The number of rotatable bonds is 15. The summed E-state index contributed by atoms with van der Waals surface area (Å²) in [6.45, 7) is 6.65. The average molecular weight is 674 g/mol. The zero-order valence-corrected chi connectivity index (χ0v) is 27.3. The van der Waals surface area contributed by atoms with Gasteiger partial charge in [-0.05, 0) is 29.8 Å². The molecule has 4 unspecified atom stereocenters. The highest BCUT2D eigenvalue weighted by Crippen LogP contribution is 2.32. The van der Waals surface area contributed by atoms with E-state index in [1.165, 1.54) is 19.2 Å². The topological polar surface area (TPSA) is 152 Å². The van der Waals surface area contributed by atoms with Crippen LogP contribution in [-0.4, -0.2) is 79.3 Å². The second-order valence-corrected chi connectivity index (χ2v) is 13.5. The number of aliphatic carboxylic acids is 1. The molecule has 11 nitrogen and oxygen atoms in total. The Bertz CT molecular complexity index is 1340. The van der Waals surface area contributed by atoms with Crippen LogP contribution in [0.1, 0.15) is 79.9 Å². The van der Waals surface area contributed by atoms with Crippen molar-refractivity contribution in [1.82, 2.24) is 25.2 Å². The summed E-state index contributed by atoms with van der Waals surface area (Å²) in [6, 6.07) is -1.12. The lowest BCUT2D eigenvalue weighted by Crippen LogP contribution is -2.43. The molecule has 1 aliphatic heterocycles. The third-order valence-electron chi connectivity index (χ3n) is 7.48. The molecule has 2 amide bonds. The van der Waals surface area contributed by atoms with Crippen molar-refractivity contribution < 1.29 is 42.2 Å². The number of thiazole rings is 1. The molecule has 0 aliphatic carbocycles. The van der Waals surface area contributed by atoms with E-state index in [0.29, 0.717) is 29.7 Å². The molecule has 0 saturated carbocycles. The monoisotopic (exact) mass is 673 g/mol. The minimum Gasteiger partial charge on any atom is -0.481 e. The van der Waals surface area contributed by atoms with Crippen LogP contribution in [0.25, 0.3) is 0 Å². The molecule has 4 atom stereocenters. The maximum atomic E-state index is 13.2. The highest BCUT2D eigenvalue weighted by atomic mass is 32.2. The number of thioether (sulfide) groups is 1. The van der Waals surface area contributed by atoms with Gasteiger partial charge in [0.2, 0.25) is 5.91 Å². The van der Waals surface area contributed by atoms with Gasteiger partial charge in [-0.15, -0.1) is 11.3 Å². The lowest BCUT2D eigenvalue weighted by molar-refractivity contribution is -0.148. The van der Waals surface area contributed by atoms with Gasteiger partial charge in [0.25, 0.3) is 5.91 Å². The highest BCUT2D eigenvalue weighted by Gasteiger charge is 2.34. The molecule has 3 rings (SSSR count). The molecule has 2 aromatic rings. The zero-order valence-electron chi connectivity index (χ0n) is 25.7. The molecule has 2 aromatic heterocycles. The third kappa shape index (κ3) is 10.7. The van der Waals surface area contributed by atoms with Crippen molar-refractivity contribution in [2.75, 3.05) is 18.6 Å². The van der Waals surface area contributed by atoms with Crippen molar-refractivity contribution in [2.24, 2.45) is 17.8 Å². The van der Waals surface area contributed by atoms with E-state index in [1.807, 2.05) is 13.8 Å². The first-order valence-corrected chi connectivity index (χ1v) is 16.5. The van der Waals surface area contributed by atoms with Crippen LogP contribution in [0.4, 0.5) is 13.2 Å². The molecular weight excluding hydrogens is 635 g/mol. The summed E-state index contributed by atoms with van der Waals surface area (Å²) < 4.78 is 44.4. The number of halogens is 3. The third-order valence-corrected chi connectivity index (χ3v) is 9.83. The summed E-state index contributed by atoms with van der Waals surface area (Å²) in [7, 11) is 1.74. The second-order valence-electron chi connectivity index (χ2n) is 11.6. The van der Waals surface area contributed by atoms with Crippen LogP contribution in [0, 0.1) is 17.8 Å². The number of carbonyl (C=O) groups excluding carboxylic acids is 3. The standard InChI is InChI=1S/C29H38F3N5O6S2/c1-15(2)22(37(5)25(39)7-18-12-44-13-18)9-23(43-17(4)38)27-36-21(14-45-27)26(40)35-20(6-16(3)28(41)42)8-24-33-10-19(11-34-24)29(30,31)32/h10-11,14-16,18,20,22-23H,6-9,12-13H2,1-5H3,(H,35,40)(H,41,42). The summed E-state index contributed by atoms with van der Waals surface area (Å²) in [5.74, 6) is -0.901. The second kappa shape index (κ2) is 15.8. The number of aromatic nitrogens is 3. The first kappa shape index (κ1) is 36.2. The summed E-state index contributed by atoms with van der Waals surface area (Å²) in [5, 5.41) is 13.9. The molecule has 3 heterocycles. The Morgan fingerprint density at radius 2 is 1.78 bits per heavy atom. The van der Waals surface area contributed by atoms with Gasteiger partial charge in [-0.3, -0.25) is 19.2 Å². The van der Waals surface area contributed by atoms with Crippen LogP contribution in [0.3, 0.4) is 0 Å². The van der Waals surface area contributed by atoms with E-state index in [4.69, 9.17) is 4.74 Å². The normalized spacial score (nSPS) is 16.3. The number of nitrogens with one attached hydrogen (secondary N) is 1. The summed E-state index contributed by atoms with van der Waals surface area (Å²) in [5.41, 5.74) is -1.04. The van der Waals surface area contributed by atoms with Crippen molar-refractivity contribution in [3.05, 3.63) is 39.9 Å². The van der Waals surface area contributed by atoms with Crippen LogP contribution < -0.4 is 5.32 Å². The van der Waals surface area contributed by atoms with Gasteiger partial charge in [0.15, 0.2) is 6.10 Å². The van der Waals surface area contributed by atoms with Crippen LogP contribution in [0.15, 0.2) is 17.8 Å². The molecule has 1 aliphatic rings. The van der Waals surface area contributed by atoms with Gasteiger partial charge in [-0.2, -0.15) is 24.9 Å². The number of amides is 2. The number of carboxylic acid groups (broad SMARTS) is 1. The first-order valence-electron chi connectivity index (χ1n) is 14.4. The molecular formula is C29H38F3N5O6S2. The quantitative estimate of drug-likeness (QED) is 0.256. The van der Waals surface area contributed by atoms with E-state index in [2.05, 4.69) is 20.3 Å². The molecule has 16 heteroatoms. The predicted octanol–water partition coefficient (Wildman–Crippen LogP) is 4.63. The van der Waals surface area contributed by atoms with Crippen LogP contribution in [0.5, 0.6) is 0 Å². The van der Waals surface area contributed by atoms with Crippen molar-refractivity contribution >= 4 is 46.9 Å².